The summed E-state index contributed by atoms with van der Waals surface area (Å²) in [7, 11) is -1.38. The van der Waals surface area contributed by atoms with Crippen LogP contribution in [0.3, 0.4) is 0 Å². The molecule has 0 amide bonds. The first-order valence-corrected chi connectivity index (χ1v) is 7.29. The highest BCUT2D eigenvalue weighted by molar-refractivity contribution is 7.83. The second-order valence-corrected chi connectivity index (χ2v) is 6.09. The molecule has 0 radical (unpaired) electrons. The molecule has 1 aromatic carbocycles. The van der Waals surface area contributed by atoms with E-state index in [-0.39, 0.29) is 5.82 Å². The van der Waals surface area contributed by atoms with Gasteiger partial charge in [0.15, 0.2) is 16.6 Å². The molecule has 20 heavy (non-hydrogen) atoms. The molecule has 0 bridgehead atoms. The van der Waals surface area contributed by atoms with Gasteiger partial charge in [0.05, 0.1) is 11.1 Å². The van der Waals surface area contributed by atoms with Gasteiger partial charge in [0.25, 0.3) is 0 Å². The van der Waals surface area contributed by atoms with Crippen molar-refractivity contribution in [2.24, 2.45) is 0 Å². The number of hydrogen-bond donors (Lipinski definition) is 0. The topological polar surface area (TPSA) is 34.9 Å². The van der Waals surface area contributed by atoms with Crippen molar-refractivity contribution in [3.8, 4) is 0 Å². The largest absolute Gasteiger partial charge is 0.246 e. The van der Waals surface area contributed by atoms with Crippen LogP contribution < -0.4 is 0 Å². The van der Waals surface area contributed by atoms with Crippen molar-refractivity contribution in [1.29, 1.82) is 0 Å². The highest BCUT2D eigenvalue weighted by Crippen LogP contribution is 2.22. The minimum Gasteiger partial charge on any atom is -0.246 e. The Bertz CT molecular complexity index is 809. The van der Waals surface area contributed by atoms with Crippen molar-refractivity contribution in [2.75, 3.05) is 0 Å². The summed E-state index contributed by atoms with van der Waals surface area (Å²) in [6, 6.07) is 8.91. The van der Waals surface area contributed by atoms with Gasteiger partial charge >= 0.3 is 0 Å². The van der Waals surface area contributed by atoms with Gasteiger partial charge in [-0.15, -0.1) is 0 Å². The average molecular weight is 288 g/mol. The van der Waals surface area contributed by atoms with Crippen LogP contribution in [0, 0.1) is 19.7 Å². The number of hydrogen-bond acceptors (Lipinski definition) is 2. The normalized spacial score (nSPS) is 12.8. The average Bonchev–Trinajstić information content (AvgIpc) is 2.76. The quantitative estimate of drug-likeness (QED) is 0.724. The SMILES string of the molecule is Cc1ccc(S(=O)n2cc(C)c3cc(F)cnc32)cc1. The van der Waals surface area contributed by atoms with Crippen LogP contribution in [-0.4, -0.2) is 13.2 Å². The van der Waals surface area contributed by atoms with E-state index in [9.17, 15) is 8.60 Å². The van der Waals surface area contributed by atoms with Crippen LogP contribution in [0.4, 0.5) is 4.39 Å². The van der Waals surface area contributed by atoms with E-state index in [2.05, 4.69) is 4.98 Å². The first kappa shape index (κ1) is 13.0. The lowest BCUT2D eigenvalue weighted by Crippen LogP contribution is -2.04. The van der Waals surface area contributed by atoms with Gasteiger partial charge in [-0.05, 0) is 37.6 Å². The summed E-state index contributed by atoms with van der Waals surface area (Å²) in [5, 5.41) is 0.686. The maximum Gasteiger partial charge on any atom is 0.158 e. The predicted octanol–water partition coefficient (Wildman–Crippen LogP) is 3.36. The molecule has 0 spiro atoms. The van der Waals surface area contributed by atoms with Crippen molar-refractivity contribution in [3.05, 3.63) is 59.7 Å². The Balaban J connectivity index is 2.15. The Hall–Kier alpha value is -2.01. The number of halogens is 1. The molecule has 0 aliphatic carbocycles. The van der Waals surface area contributed by atoms with E-state index in [1.54, 1.807) is 10.2 Å². The van der Waals surface area contributed by atoms with Crippen LogP contribution in [0.2, 0.25) is 0 Å². The number of rotatable bonds is 2. The van der Waals surface area contributed by atoms with Crippen molar-refractivity contribution in [3.63, 3.8) is 0 Å². The lowest BCUT2D eigenvalue weighted by atomic mass is 10.2. The highest BCUT2D eigenvalue weighted by atomic mass is 32.2. The Morgan fingerprint density at radius 3 is 2.60 bits per heavy atom. The Labute approximate surface area is 118 Å². The summed E-state index contributed by atoms with van der Waals surface area (Å²) >= 11 is 0. The van der Waals surface area contributed by atoms with Gasteiger partial charge in [-0.3, -0.25) is 0 Å². The van der Waals surface area contributed by atoms with Crippen LogP contribution in [0.15, 0.2) is 47.6 Å². The molecule has 0 fully saturated rings. The molecule has 0 aliphatic heterocycles. The van der Waals surface area contributed by atoms with Crippen molar-refractivity contribution in [2.45, 2.75) is 18.7 Å². The van der Waals surface area contributed by atoms with Crippen molar-refractivity contribution in [1.82, 2.24) is 8.96 Å². The van der Waals surface area contributed by atoms with Crippen molar-refractivity contribution < 1.29 is 8.60 Å². The number of benzene rings is 1. The number of fused-ring (bicyclic) bond motifs is 1. The summed E-state index contributed by atoms with van der Waals surface area (Å²) in [5.41, 5.74) is 2.50. The van der Waals surface area contributed by atoms with E-state index in [4.69, 9.17) is 0 Å². The second kappa shape index (κ2) is 4.83. The lowest BCUT2D eigenvalue weighted by Gasteiger charge is -2.05. The van der Waals surface area contributed by atoms with Gasteiger partial charge in [-0.2, -0.15) is 0 Å². The Morgan fingerprint density at radius 2 is 1.90 bits per heavy atom. The molecule has 0 saturated carbocycles. The highest BCUT2D eigenvalue weighted by Gasteiger charge is 2.14. The zero-order chi connectivity index (χ0) is 14.3. The standard InChI is InChI=1S/C15H13FN2OS/c1-10-3-5-13(6-4-10)20(19)18-9-11(2)14-7-12(16)8-17-15(14)18/h3-9H,1-2H3. The maximum atomic E-state index is 13.2. The van der Waals surface area contributed by atoms with E-state index in [0.29, 0.717) is 15.9 Å². The third-order valence-corrected chi connectivity index (χ3v) is 4.49. The molecule has 0 N–H and O–H groups in total. The smallest absolute Gasteiger partial charge is 0.158 e. The van der Waals surface area contributed by atoms with Gasteiger partial charge < -0.3 is 0 Å². The van der Waals surface area contributed by atoms with Gasteiger partial charge in [-0.1, -0.05) is 17.7 Å². The maximum absolute atomic E-state index is 13.2. The number of aryl methyl sites for hydroxylation is 2. The summed E-state index contributed by atoms with van der Waals surface area (Å²) in [5.74, 6) is -0.389. The van der Waals surface area contributed by atoms with Crippen molar-refractivity contribution >= 4 is 22.0 Å². The van der Waals surface area contributed by atoms with Gasteiger partial charge in [-0.25, -0.2) is 17.6 Å². The minimum atomic E-state index is -1.38. The van der Waals surface area contributed by atoms with E-state index in [1.807, 2.05) is 38.1 Å². The lowest BCUT2D eigenvalue weighted by molar-refractivity contribution is 0.624. The summed E-state index contributed by atoms with van der Waals surface area (Å²) in [4.78, 5) is 4.75. The minimum absolute atomic E-state index is 0.389. The zero-order valence-corrected chi connectivity index (χ0v) is 11.9. The van der Waals surface area contributed by atoms with Gasteiger partial charge in [0.1, 0.15) is 5.82 Å². The number of pyridine rings is 1. The Morgan fingerprint density at radius 1 is 1.20 bits per heavy atom. The van der Waals surface area contributed by atoms with E-state index < -0.39 is 11.0 Å². The number of nitrogens with zero attached hydrogens (tertiary/aromatic N) is 2. The molecule has 2 heterocycles. The molecular formula is C15H13FN2OS. The molecule has 5 heteroatoms. The first-order chi connectivity index (χ1) is 9.56. The number of aromatic nitrogens is 2. The monoisotopic (exact) mass is 288 g/mol. The molecular weight excluding hydrogens is 275 g/mol. The van der Waals surface area contributed by atoms with E-state index in [0.717, 1.165) is 17.3 Å². The van der Waals surface area contributed by atoms with Crippen LogP contribution >= 0.6 is 0 Å². The molecule has 1 unspecified atom stereocenters. The molecule has 1 atom stereocenters. The molecule has 0 aliphatic rings. The van der Waals surface area contributed by atoms with Crippen LogP contribution in [0.25, 0.3) is 11.0 Å². The fourth-order valence-corrected chi connectivity index (χ4v) is 3.25. The molecule has 0 saturated heterocycles. The molecule has 3 aromatic rings. The zero-order valence-electron chi connectivity index (χ0n) is 11.1. The van der Waals surface area contributed by atoms with Crippen LogP contribution in [0.1, 0.15) is 11.1 Å². The molecule has 102 valence electrons. The molecule has 3 rings (SSSR count). The van der Waals surface area contributed by atoms with Gasteiger partial charge in [0.2, 0.25) is 0 Å². The second-order valence-electron chi connectivity index (χ2n) is 4.72. The van der Waals surface area contributed by atoms with E-state index in [1.165, 1.54) is 6.07 Å². The van der Waals surface area contributed by atoms with E-state index >= 15 is 0 Å². The summed E-state index contributed by atoms with van der Waals surface area (Å²) in [6.45, 7) is 3.83. The van der Waals surface area contributed by atoms with Crippen LogP contribution in [-0.2, 0) is 11.0 Å². The fraction of sp³-hybridized carbons (Fsp3) is 0.133. The fourth-order valence-electron chi connectivity index (χ4n) is 2.10. The summed E-state index contributed by atoms with van der Waals surface area (Å²) < 4.78 is 27.4. The van der Waals surface area contributed by atoms with Gasteiger partial charge in [0, 0.05) is 11.6 Å². The van der Waals surface area contributed by atoms with Crippen LogP contribution in [0.5, 0.6) is 0 Å². The first-order valence-electron chi connectivity index (χ1n) is 6.18. The third kappa shape index (κ3) is 2.14. The molecule has 2 aromatic heterocycles. The Kier molecular flexibility index (Phi) is 3.14. The summed E-state index contributed by atoms with van der Waals surface area (Å²) in [6.07, 6.45) is 2.89. The molecule has 3 nitrogen and oxygen atoms in total. The third-order valence-electron chi connectivity index (χ3n) is 3.18. The predicted molar refractivity (Wildman–Crippen MR) is 77.4 cm³/mol.